The van der Waals surface area contributed by atoms with E-state index in [9.17, 15) is 9.59 Å². The molecule has 0 saturated heterocycles. The van der Waals surface area contributed by atoms with Crippen LogP contribution in [0, 0.1) is 19.3 Å². The Morgan fingerprint density at radius 1 is 0.492 bits per heavy atom. The van der Waals surface area contributed by atoms with Gasteiger partial charge in [0.05, 0.1) is 12.5 Å². The van der Waals surface area contributed by atoms with Crippen LogP contribution < -0.4 is 23.8 Å². The Bertz CT molecular complexity index is 2730. The van der Waals surface area contributed by atoms with Crippen molar-refractivity contribution in [3.05, 3.63) is 221 Å². The molecule has 0 atom stereocenters. The summed E-state index contributed by atoms with van der Waals surface area (Å²) in [5.74, 6) is 0.932. The van der Waals surface area contributed by atoms with Crippen LogP contribution in [0.2, 0.25) is 0 Å². The van der Waals surface area contributed by atoms with E-state index in [1.54, 1.807) is 31.4 Å². The molecule has 0 aromatic heterocycles. The normalized spacial score (nSPS) is 11.7. The summed E-state index contributed by atoms with van der Waals surface area (Å²) in [5.41, 5.74) is 10.6. The van der Waals surface area contributed by atoms with Crippen molar-refractivity contribution in [2.45, 2.75) is 53.9 Å². The molecule has 7 rings (SSSR count). The first kappa shape index (κ1) is 45.4. The number of ether oxygens (including phenoxy) is 4. The van der Waals surface area contributed by atoms with E-state index in [-0.39, 0.29) is 17.1 Å². The average Bonchev–Trinajstić information content (AvgIpc) is 3.30. The third kappa shape index (κ3) is 11.1. The summed E-state index contributed by atoms with van der Waals surface area (Å²) in [5, 5.41) is 0. The van der Waals surface area contributed by atoms with Crippen LogP contribution in [0.3, 0.4) is 0 Å². The quantitative estimate of drug-likeness (QED) is 0.0354. The number of rotatable bonds is 14. The highest BCUT2D eigenvalue weighted by Crippen LogP contribution is 2.37. The van der Waals surface area contributed by atoms with E-state index in [2.05, 4.69) is 118 Å². The molecule has 0 aliphatic rings. The number of hydrogen-bond donors (Lipinski definition) is 0. The number of anilines is 3. The Balaban J connectivity index is 1.04. The van der Waals surface area contributed by atoms with Crippen LogP contribution in [0.15, 0.2) is 182 Å². The van der Waals surface area contributed by atoms with Crippen LogP contribution in [-0.2, 0) is 15.0 Å². The number of aryl methyl sites for hydroxylation is 2. The molecule has 0 amide bonds. The highest BCUT2D eigenvalue weighted by molar-refractivity contribution is 5.92. The number of benzene rings is 7. The molecule has 0 N–H and O–H groups in total. The highest BCUT2D eigenvalue weighted by Gasteiger charge is 2.26. The van der Waals surface area contributed by atoms with E-state index in [1.807, 2.05) is 93.6 Å². The number of hydrogen-bond acceptors (Lipinski definition) is 7. The van der Waals surface area contributed by atoms with Gasteiger partial charge >= 0.3 is 11.9 Å². The van der Waals surface area contributed by atoms with Gasteiger partial charge in [-0.15, -0.1) is 0 Å². The average molecular weight is 862 g/mol. The SMILES string of the molecule is C=C(Oc1ccc(C(C)(C)c2ccc(OC(=O)C(C)(C)C)cc2)cc1)C(=O)Oc1ccc(/C(=C/c2ccc(N(c3ccc(C)cc3)c3ccc(C)cc3)cc2)c2ccc(OC)cc2)cc1. The summed E-state index contributed by atoms with van der Waals surface area (Å²) >= 11 is 0. The smallest absolute Gasteiger partial charge is 0.379 e. The molecule has 0 aliphatic heterocycles. The van der Waals surface area contributed by atoms with Gasteiger partial charge in [0.2, 0.25) is 5.76 Å². The third-order valence-corrected chi connectivity index (χ3v) is 11.3. The minimum absolute atomic E-state index is 0.146. The molecule has 0 unspecified atom stereocenters. The molecule has 7 heteroatoms. The van der Waals surface area contributed by atoms with Crippen molar-refractivity contribution in [3.63, 3.8) is 0 Å². The van der Waals surface area contributed by atoms with E-state index in [0.717, 1.165) is 56.2 Å². The molecule has 0 aliphatic carbocycles. The fourth-order valence-corrected chi connectivity index (χ4v) is 7.18. The summed E-state index contributed by atoms with van der Waals surface area (Å²) in [7, 11) is 1.65. The molecule has 7 aromatic rings. The minimum Gasteiger partial charge on any atom is -0.497 e. The lowest BCUT2D eigenvalue weighted by Gasteiger charge is -2.26. The van der Waals surface area contributed by atoms with Gasteiger partial charge in [-0.05, 0) is 166 Å². The number of nitrogens with zero attached hydrogens (tertiary/aromatic N) is 1. The topological polar surface area (TPSA) is 74.3 Å². The molecule has 0 spiro atoms. The third-order valence-electron chi connectivity index (χ3n) is 11.3. The van der Waals surface area contributed by atoms with Crippen molar-refractivity contribution in [2.24, 2.45) is 5.41 Å². The van der Waals surface area contributed by atoms with Crippen LogP contribution in [0.25, 0.3) is 11.6 Å². The molecule has 0 radical (unpaired) electrons. The van der Waals surface area contributed by atoms with Crippen molar-refractivity contribution >= 4 is 40.6 Å². The molecule has 0 saturated carbocycles. The van der Waals surface area contributed by atoms with Crippen molar-refractivity contribution < 1.29 is 28.5 Å². The number of methoxy groups -OCH3 is 1. The largest absolute Gasteiger partial charge is 0.497 e. The fourth-order valence-electron chi connectivity index (χ4n) is 7.18. The highest BCUT2D eigenvalue weighted by atomic mass is 16.6. The molecule has 0 fully saturated rings. The maximum absolute atomic E-state index is 13.2. The van der Waals surface area contributed by atoms with Gasteiger partial charge in [0, 0.05) is 22.5 Å². The summed E-state index contributed by atoms with van der Waals surface area (Å²) in [6, 6.07) is 56.0. The van der Waals surface area contributed by atoms with Gasteiger partial charge in [-0.3, -0.25) is 4.79 Å². The molecule has 328 valence electrons. The first-order valence-corrected chi connectivity index (χ1v) is 21.6. The first-order valence-electron chi connectivity index (χ1n) is 21.6. The van der Waals surface area contributed by atoms with Gasteiger partial charge in [0.25, 0.3) is 0 Å². The van der Waals surface area contributed by atoms with Crippen molar-refractivity contribution in [1.29, 1.82) is 0 Å². The Morgan fingerprint density at radius 2 is 0.877 bits per heavy atom. The Morgan fingerprint density at radius 3 is 1.31 bits per heavy atom. The van der Waals surface area contributed by atoms with Gasteiger partial charge in [0.15, 0.2) is 0 Å². The van der Waals surface area contributed by atoms with E-state index in [4.69, 9.17) is 18.9 Å². The summed E-state index contributed by atoms with van der Waals surface area (Å²) < 4.78 is 22.6. The summed E-state index contributed by atoms with van der Waals surface area (Å²) in [6.45, 7) is 17.7. The molecular weight excluding hydrogens is 807 g/mol. The van der Waals surface area contributed by atoms with Gasteiger partial charge in [-0.25, -0.2) is 4.79 Å². The number of carbonyl (C=O) groups is 2. The first-order chi connectivity index (χ1) is 31.1. The number of esters is 2. The van der Waals surface area contributed by atoms with Crippen molar-refractivity contribution in [1.82, 2.24) is 0 Å². The zero-order valence-electron chi connectivity index (χ0n) is 38.3. The maximum Gasteiger partial charge on any atom is 0.379 e. The molecule has 7 nitrogen and oxygen atoms in total. The van der Waals surface area contributed by atoms with Gasteiger partial charge in [-0.1, -0.05) is 110 Å². The Kier molecular flexibility index (Phi) is 13.5. The van der Waals surface area contributed by atoms with Gasteiger partial charge in [0.1, 0.15) is 23.0 Å². The zero-order chi connectivity index (χ0) is 46.3. The monoisotopic (exact) mass is 861 g/mol. The molecule has 65 heavy (non-hydrogen) atoms. The Hall–Kier alpha value is -7.64. The lowest BCUT2D eigenvalue weighted by molar-refractivity contribution is -0.143. The second-order valence-corrected chi connectivity index (χ2v) is 17.6. The predicted octanol–water partition coefficient (Wildman–Crippen LogP) is 14.1. The zero-order valence-corrected chi connectivity index (χ0v) is 38.3. The maximum atomic E-state index is 13.2. The minimum atomic E-state index is -0.703. The fraction of sp³-hybridized carbons (Fsp3) is 0.172. The van der Waals surface area contributed by atoms with Crippen LogP contribution in [-0.4, -0.2) is 19.0 Å². The molecule has 7 aromatic carbocycles. The standard InChI is InChI=1S/C58H55NO6/c1-39-10-24-47(25-11-39)59(48-26-12-40(2)13-27-48)49-28-14-42(15-29-49)38-54(43-16-30-50(62-9)31-17-43)44-18-32-52(33-19-44)64-55(60)41(3)63-51-34-20-45(21-35-51)58(7,8)46-22-36-53(37-23-46)65-56(61)57(4,5)6/h10-38H,3H2,1-2,4-9H3/b54-38+. The summed E-state index contributed by atoms with van der Waals surface area (Å²) in [6.07, 6.45) is 2.15. The second-order valence-electron chi connectivity index (χ2n) is 17.6. The molecule has 0 heterocycles. The molecule has 0 bridgehead atoms. The van der Waals surface area contributed by atoms with Gasteiger partial charge < -0.3 is 23.8 Å². The van der Waals surface area contributed by atoms with Gasteiger partial charge in [-0.2, -0.15) is 0 Å². The van der Waals surface area contributed by atoms with Crippen LogP contribution in [0.4, 0.5) is 17.1 Å². The van der Waals surface area contributed by atoms with E-state index in [1.165, 1.54) is 11.1 Å². The lowest BCUT2D eigenvalue weighted by Crippen LogP contribution is -2.25. The summed E-state index contributed by atoms with van der Waals surface area (Å²) in [4.78, 5) is 27.8. The lowest BCUT2D eigenvalue weighted by atomic mass is 9.78. The van der Waals surface area contributed by atoms with Crippen LogP contribution in [0.5, 0.6) is 23.0 Å². The Labute approximate surface area is 383 Å². The van der Waals surface area contributed by atoms with Crippen molar-refractivity contribution in [2.75, 3.05) is 12.0 Å². The predicted molar refractivity (Wildman–Crippen MR) is 263 cm³/mol. The van der Waals surface area contributed by atoms with E-state index < -0.39 is 11.4 Å². The number of carbonyl (C=O) groups excluding carboxylic acids is 2. The van der Waals surface area contributed by atoms with E-state index >= 15 is 0 Å². The molecular formula is C58H55NO6. The van der Waals surface area contributed by atoms with Crippen molar-refractivity contribution in [3.8, 4) is 23.0 Å². The van der Waals surface area contributed by atoms with Crippen LogP contribution >= 0.6 is 0 Å². The van der Waals surface area contributed by atoms with Crippen LogP contribution in [0.1, 0.15) is 73.6 Å². The second kappa shape index (κ2) is 19.4. The van der Waals surface area contributed by atoms with E-state index in [0.29, 0.717) is 17.2 Å².